The van der Waals surface area contributed by atoms with Gasteiger partial charge < -0.3 is 14.5 Å². The molecule has 8 heteroatoms. The molecule has 27 heavy (non-hydrogen) atoms. The van der Waals surface area contributed by atoms with Crippen LogP contribution in [0.2, 0.25) is 0 Å². The average molecular weight is 396 g/mol. The van der Waals surface area contributed by atoms with Crippen molar-refractivity contribution in [1.29, 1.82) is 0 Å². The number of ether oxygens (including phenoxy) is 1. The quantitative estimate of drug-likeness (QED) is 0.775. The number of rotatable bonds is 4. The summed E-state index contributed by atoms with van der Waals surface area (Å²) in [5.41, 5.74) is 0.318. The highest BCUT2D eigenvalue weighted by Gasteiger charge is 2.29. The van der Waals surface area contributed by atoms with Crippen molar-refractivity contribution in [3.8, 4) is 5.75 Å². The Labute approximate surface area is 161 Å². The van der Waals surface area contributed by atoms with Gasteiger partial charge in [0.05, 0.1) is 17.6 Å². The van der Waals surface area contributed by atoms with Gasteiger partial charge in [0.25, 0.3) is 5.91 Å². The molecule has 0 saturated carbocycles. The van der Waals surface area contributed by atoms with Crippen molar-refractivity contribution in [2.75, 3.05) is 53.4 Å². The van der Waals surface area contributed by atoms with Crippen LogP contribution in [0.5, 0.6) is 5.75 Å². The van der Waals surface area contributed by atoms with Gasteiger partial charge in [0.1, 0.15) is 5.75 Å². The van der Waals surface area contributed by atoms with E-state index in [0.29, 0.717) is 37.5 Å². The Morgan fingerprint density at radius 2 is 1.59 bits per heavy atom. The first-order valence-electron chi connectivity index (χ1n) is 9.59. The minimum atomic E-state index is -3.61. The molecule has 1 amide bonds. The fraction of sp³-hybridized carbons (Fsp3) is 0.632. The van der Waals surface area contributed by atoms with Crippen LogP contribution in [-0.4, -0.2) is 81.9 Å². The Kier molecular flexibility index (Phi) is 6.39. The van der Waals surface area contributed by atoms with E-state index >= 15 is 0 Å². The second-order valence-corrected chi connectivity index (χ2v) is 9.21. The first-order valence-corrected chi connectivity index (χ1v) is 11.0. The van der Waals surface area contributed by atoms with Crippen molar-refractivity contribution >= 4 is 15.9 Å². The van der Waals surface area contributed by atoms with Crippen LogP contribution in [-0.2, 0) is 10.0 Å². The highest BCUT2D eigenvalue weighted by molar-refractivity contribution is 7.89. The van der Waals surface area contributed by atoms with Gasteiger partial charge in [0.15, 0.2) is 0 Å². The summed E-state index contributed by atoms with van der Waals surface area (Å²) >= 11 is 0. The molecule has 0 N–H and O–H groups in total. The van der Waals surface area contributed by atoms with E-state index in [1.807, 2.05) is 7.05 Å². The number of likely N-dealkylation sites (N-methyl/N-ethyl adjacent to an activating group) is 1. The molecule has 3 rings (SSSR count). The van der Waals surface area contributed by atoms with E-state index in [0.717, 1.165) is 38.8 Å². The molecule has 1 aromatic carbocycles. The molecule has 0 atom stereocenters. The van der Waals surface area contributed by atoms with Crippen LogP contribution < -0.4 is 4.74 Å². The lowest BCUT2D eigenvalue weighted by atomic mass is 10.1. The van der Waals surface area contributed by atoms with Gasteiger partial charge in [-0.05, 0) is 38.1 Å². The largest absolute Gasteiger partial charge is 0.496 e. The van der Waals surface area contributed by atoms with E-state index in [1.165, 1.54) is 13.2 Å². The third-order valence-electron chi connectivity index (χ3n) is 5.39. The van der Waals surface area contributed by atoms with Crippen LogP contribution in [0.4, 0.5) is 0 Å². The molecule has 2 heterocycles. The van der Waals surface area contributed by atoms with Crippen LogP contribution in [0.1, 0.15) is 36.0 Å². The predicted molar refractivity (Wildman–Crippen MR) is 104 cm³/mol. The van der Waals surface area contributed by atoms with Gasteiger partial charge in [-0.1, -0.05) is 12.8 Å². The van der Waals surface area contributed by atoms with Crippen molar-refractivity contribution in [1.82, 2.24) is 14.1 Å². The molecule has 7 nitrogen and oxygen atoms in total. The van der Waals surface area contributed by atoms with Gasteiger partial charge in [-0.3, -0.25) is 4.79 Å². The van der Waals surface area contributed by atoms with Gasteiger partial charge >= 0.3 is 0 Å². The van der Waals surface area contributed by atoms with Gasteiger partial charge in [0, 0.05) is 39.3 Å². The molecule has 2 fully saturated rings. The number of carbonyl (C=O) groups is 1. The lowest BCUT2D eigenvalue weighted by Gasteiger charge is -2.32. The fourth-order valence-corrected chi connectivity index (χ4v) is 5.17. The number of hydrogen-bond donors (Lipinski definition) is 0. The van der Waals surface area contributed by atoms with E-state index < -0.39 is 10.0 Å². The minimum Gasteiger partial charge on any atom is -0.496 e. The average Bonchev–Trinajstić information content (AvgIpc) is 2.97. The molecule has 0 bridgehead atoms. The molecule has 0 radical (unpaired) electrons. The number of sulfonamides is 1. The second kappa shape index (κ2) is 8.58. The van der Waals surface area contributed by atoms with Crippen LogP contribution in [0.15, 0.2) is 23.1 Å². The van der Waals surface area contributed by atoms with E-state index in [4.69, 9.17) is 4.74 Å². The molecule has 0 aromatic heterocycles. The van der Waals surface area contributed by atoms with E-state index in [9.17, 15) is 13.2 Å². The summed E-state index contributed by atoms with van der Waals surface area (Å²) < 4.78 is 33.1. The summed E-state index contributed by atoms with van der Waals surface area (Å²) in [5.74, 6) is 0.238. The van der Waals surface area contributed by atoms with Crippen LogP contribution in [0.3, 0.4) is 0 Å². The van der Waals surface area contributed by atoms with Crippen LogP contribution in [0.25, 0.3) is 0 Å². The molecule has 0 spiro atoms. The summed E-state index contributed by atoms with van der Waals surface area (Å²) in [5, 5.41) is 0. The number of methoxy groups -OCH3 is 1. The zero-order valence-corrected chi connectivity index (χ0v) is 17.0. The number of carbonyl (C=O) groups excluding carboxylic acids is 1. The summed E-state index contributed by atoms with van der Waals surface area (Å²) in [6, 6.07) is 4.62. The molecular weight excluding hydrogens is 366 g/mol. The number of nitrogens with zero attached hydrogens (tertiary/aromatic N) is 3. The Balaban J connectivity index is 1.89. The lowest BCUT2D eigenvalue weighted by molar-refractivity contribution is 0.0660. The van der Waals surface area contributed by atoms with Crippen molar-refractivity contribution in [3.63, 3.8) is 0 Å². The SMILES string of the molecule is COc1ccc(S(=O)(=O)N2CCCCCC2)cc1C(=O)N1CCN(C)CC1. The Hall–Kier alpha value is -1.64. The van der Waals surface area contributed by atoms with Gasteiger partial charge in [-0.2, -0.15) is 4.31 Å². The molecule has 0 unspecified atom stereocenters. The number of hydrogen-bond acceptors (Lipinski definition) is 5. The topological polar surface area (TPSA) is 70.2 Å². The van der Waals surface area contributed by atoms with E-state index in [2.05, 4.69) is 4.90 Å². The zero-order valence-electron chi connectivity index (χ0n) is 16.2. The van der Waals surface area contributed by atoms with E-state index in [1.54, 1.807) is 21.3 Å². The summed E-state index contributed by atoms with van der Waals surface area (Å²) in [4.78, 5) is 17.1. The van der Waals surface area contributed by atoms with Crippen LogP contribution in [0, 0.1) is 0 Å². The fourth-order valence-electron chi connectivity index (χ4n) is 3.63. The van der Waals surface area contributed by atoms with E-state index in [-0.39, 0.29) is 10.8 Å². The molecule has 2 aliphatic rings. The smallest absolute Gasteiger partial charge is 0.257 e. The Bertz CT molecular complexity index is 765. The predicted octanol–water partition coefficient (Wildman–Crippen LogP) is 1.65. The first-order chi connectivity index (χ1) is 12.9. The van der Waals surface area contributed by atoms with Gasteiger partial charge in [-0.15, -0.1) is 0 Å². The van der Waals surface area contributed by atoms with Crippen molar-refractivity contribution in [2.24, 2.45) is 0 Å². The third-order valence-corrected chi connectivity index (χ3v) is 7.29. The highest BCUT2D eigenvalue weighted by Crippen LogP contribution is 2.27. The van der Waals surface area contributed by atoms with Crippen molar-refractivity contribution in [3.05, 3.63) is 23.8 Å². The normalized spacial score (nSPS) is 20.3. The maximum absolute atomic E-state index is 13.1. The molecule has 150 valence electrons. The number of benzene rings is 1. The number of amides is 1. The van der Waals surface area contributed by atoms with Crippen LogP contribution >= 0.6 is 0 Å². The molecular formula is C19H29N3O4S. The first kappa shape index (κ1) is 20.1. The monoisotopic (exact) mass is 395 g/mol. The maximum atomic E-state index is 13.1. The number of piperazine rings is 1. The van der Waals surface area contributed by atoms with Gasteiger partial charge in [0.2, 0.25) is 10.0 Å². The maximum Gasteiger partial charge on any atom is 0.257 e. The minimum absolute atomic E-state index is 0.169. The lowest BCUT2D eigenvalue weighted by Crippen LogP contribution is -2.47. The Morgan fingerprint density at radius 1 is 0.963 bits per heavy atom. The summed E-state index contributed by atoms with van der Waals surface area (Å²) in [6.07, 6.45) is 3.87. The second-order valence-electron chi connectivity index (χ2n) is 7.28. The summed E-state index contributed by atoms with van der Waals surface area (Å²) in [6.45, 7) is 3.94. The molecule has 2 saturated heterocycles. The van der Waals surface area contributed by atoms with Gasteiger partial charge in [-0.25, -0.2) is 8.42 Å². The van der Waals surface area contributed by atoms with Crippen molar-refractivity contribution in [2.45, 2.75) is 30.6 Å². The third kappa shape index (κ3) is 4.44. The van der Waals surface area contributed by atoms with Crippen molar-refractivity contribution < 1.29 is 17.9 Å². The highest BCUT2D eigenvalue weighted by atomic mass is 32.2. The molecule has 0 aliphatic carbocycles. The summed E-state index contributed by atoms with van der Waals surface area (Å²) in [7, 11) is -0.0834. The zero-order chi connectivity index (χ0) is 19.4. The standard InChI is InChI=1S/C19H29N3O4S/c1-20-11-13-21(14-12-20)19(23)17-15-16(7-8-18(17)26-2)27(24,25)22-9-5-3-4-6-10-22/h7-8,15H,3-6,9-14H2,1-2H3. The molecule has 2 aliphatic heterocycles. The Morgan fingerprint density at radius 3 is 2.19 bits per heavy atom. The molecule has 1 aromatic rings.